The highest BCUT2D eigenvalue weighted by Gasteiger charge is 2.15. The summed E-state index contributed by atoms with van der Waals surface area (Å²) in [5.74, 6) is 1.73. The monoisotopic (exact) mass is 249 g/mol. The van der Waals surface area contributed by atoms with Crippen LogP contribution in [0.3, 0.4) is 0 Å². The molecule has 1 saturated heterocycles. The first-order valence-corrected chi connectivity index (χ1v) is 6.87. The summed E-state index contributed by atoms with van der Waals surface area (Å²) in [4.78, 5) is 0. The molecule has 0 aromatic heterocycles. The number of benzene rings is 1. The van der Waals surface area contributed by atoms with Crippen molar-refractivity contribution < 1.29 is 9.47 Å². The number of hydrogen-bond donors (Lipinski definition) is 1. The van der Waals surface area contributed by atoms with Gasteiger partial charge in [-0.3, -0.25) is 0 Å². The molecule has 3 nitrogen and oxygen atoms in total. The van der Waals surface area contributed by atoms with Crippen molar-refractivity contribution in [1.82, 2.24) is 5.32 Å². The normalized spacial score (nSPS) is 20.2. The van der Waals surface area contributed by atoms with Crippen molar-refractivity contribution >= 4 is 0 Å². The first-order chi connectivity index (χ1) is 8.83. The fourth-order valence-corrected chi connectivity index (χ4v) is 2.31. The van der Waals surface area contributed by atoms with Crippen LogP contribution in [0.4, 0.5) is 0 Å². The molecule has 1 aliphatic rings. The number of aryl methyl sites for hydroxylation is 1. The first-order valence-electron chi connectivity index (χ1n) is 6.87. The summed E-state index contributed by atoms with van der Waals surface area (Å²) in [5, 5.41) is 3.40. The number of methoxy groups -OCH3 is 1. The minimum absolute atomic E-state index is 0.307. The molecule has 1 aliphatic heterocycles. The largest absolute Gasteiger partial charge is 0.493 e. The summed E-state index contributed by atoms with van der Waals surface area (Å²) in [6.07, 6.45) is 4.69. The van der Waals surface area contributed by atoms with E-state index in [0.29, 0.717) is 6.10 Å². The van der Waals surface area contributed by atoms with Gasteiger partial charge < -0.3 is 14.8 Å². The van der Waals surface area contributed by atoms with Crippen molar-refractivity contribution in [2.45, 2.75) is 38.7 Å². The Hall–Kier alpha value is -1.22. The predicted octanol–water partition coefficient (Wildman–Crippen LogP) is 2.78. The highest BCUT2D eigenvalue weighted by molar-refractivity contribution is 5.43. The zero-order valence-corrected chi connectivity index (χ0v) is 11.4. The van der Waals surface area contributed by atoms with Crippen molar-refractivity contribution in [2.24, 2.45) is 0 Å². The number of nitrogens with one attached hydrogen (secondary N) is 1. The summed E-state index contributed by atoms with van der Waals surface area (Å²) < 4.78 is 11.5. The molecule has 0 spiro atoms. The summed E-state index contributed by atoms with van der Waals surface area (Å²) in [6, 6.07) is 6.23. The lowest BCUT2D eigenvalue weighted by molar-refractivity contribution is 0.180. The Morgan fingerprint density at radius 3 is 2.89 bits per heavy atom. The van der Waals surface area contributed by atoms with Gasteiger partial charge in [-0.25, -0.2) is 0 Å². The summed E-state index contributed by atoms with van der Waals surface area (Å²) >= 11 is 0. The van der Waals surface area contributed by atoms with Gasteiger partial charge in [-0.05, 0) is 56.5 Å². The van der Waals surface area contributed by atoms with Gasteiger partial charge in [0.15, 0.2) is 11.5 Å². The van der Waals surface area contributed by atoms with Gasteiger partial charge in [0, 0.05) is 0 Å². The molecule has 0 radical (unpaired) electrons. The van der Waals surface area contributed by atoms with Crippen LogP contribution in [0.5, 0.6) is 11.5 Å². The van der Waals surface area contributed by atoms with Gasteiger partial charge in [0.25, 0.3) is 0 Å². The van der Waals surface area contributed by atoms with Crippen molar-refractivity contribution in [2.75, 3.05) is 20.2 Å². The molecule has 1 aromatic carbocycles. The summed E-state index contributed by atoms with van der Waals surface area (Å²) in [6.45, 7) is 4.29. The molecule has 18 heavy (non-hydrogen) atoms. The predicted molar refractivity (Wildman–Crippen MR) is 73.5 cm³/mol. The van der Waals surface area contributed by atoms with E-state index in [1.807, 2.05) is 6.07 Å². The van der Waals surface area contributed by atoms with E-state index in [1.165, 1.54) is 12.0 Å². The van der Waals surface area contributed by atoms with Crippen LogP contribution in [0.2, 0.25) is 0 Å². The second-order valence-electron chi connectivity index (χ2n) is 4.76. The standard InChI is InChI=1S/C15H23NO2/c1-3-12-6-7-14(15(11-12)17-2)18-13-5-4-9-16-10-8-13/h6-7,11,13,16H,3-5,8-10H2,1-2H3. The molecule has 0 aliphatic carbocycles. The van der Waals surface area contributed by atoms with Crippen molar-refractivity contribution in [3.63, 3.8) is 0 Å². The minimum Gasteiger partial charge on any atom is -0.493 e. The fraction of sp³-hybridized carbons (Fsp3) is 0.600. The molecule has 2 rings (SSSR count). The number of ether oxygens (including phenoxy) is 2. The molecule has 3 heteroatoms. The molecule has 1 unspecified atom stereocenters. The molecule has 1 heterocycles. The smallest absolute Gasteiger partial charge is 0.161 e. The van der Waals surface area contributed by atoms with Gasteiger partial charge >= 0.3 is 0 Å². The lowest BCUT2D eigenvalue weighted by atomic mass is 10.1. The van der Waals surface area contributed by atoms with Gasteiger partial charge in [-0.1, -0.05) is 13.0 Å². The Labute approximate surface area is 109 Å². The van der Waals surface area contributed by atoms with Crippen LogP contribution >= 0.6 is 0 Å². The fourth-order valence-electron chi connectivity index (χ4n) is 2.31. The van der Waals surface area contributed by atoms with Crippen LogP contribution in [0.1, 0.15) is 31.7 Å². The Morgan fingerprint density at radius 1 is 1.22 bits per heavy atom. The Morgan fingerprint density at radius 2 is 2.11 bits per heavy atom. The van der Waals surface area contributed by atoms with E-state index < -0.39 is 0 Å². The molecule has 0 bridgehead atoms. The molecule has 1 aromatic rings. The van der Waals surface area contributed by atoms with Gasteiger partial charge in [-0.15, -0.1) is 0 Å². The zero-order chi connectivity index (χ0) is 12.8. The van der Waals surface area contributed by atoms with Crippen molar-refractivity contribution in [3.05, 3.63) is 23.8 Å². The van der Waals surface area contributed by atoms with Gasteiger partial charge in [-0.2, -0.15) is 0 Å². The van der Waals surface area contributed by atoms with Crippen molar-refractivity contribution in [3.8, 4) is 11.5 Å². The Kier molecular flexibility index (Phi) is 4.88. The maximum atomic E-state index is 6.09. The molecular weight excluding hydrogens is 226 g/mol. The second kappa shape index (κ2) is 6.64. The van der Waals surface area contributed by atoms with E-state index >= 15 is 0 Å². The number of hydrogen-bond acceptors (Lipinski definition) is 3. The van der Waals surface area contributed by atoms with E-state index in [4.69, 9.17) is 9.47 Å². The molecule has 1 atom stereocenters. The average molecular weight is 249 g/mol. The van der Waals surface area contributed by atoms with Crippen LogP contribution in [0, 0.1) is 0 Å². The molecule has 100 valence electrons. The van der Waals surface area contributed by atoms with Gasteiger partial charge in [0.2, 0.25) is 0 Å². The molecule has 1 N–H and O–H groups in total. The van der Waals surface area contributed by atoms with Crippen LogP contribution in [0.25, 0.3) is 0 Å². The Bertz CT molecular complexity index is 371. The summed E-state index contributed by atoms with van der Waals surface area (Å²) in [7, 11) is 1.70. The topological polar surface area (TPSA) is 30.5 Å². The Balaban J connectivity index is 2.07. The van der Waals surface area contributed by atoms with E-state index in [-0.39, 0.29) is 0 Å². The van der Waals surface area contributed by atoms with E-state index in [1.54, 1.807) is 7.11 Å². The quantitative estimate of drug-likeness (QED) is 0.890. The van der Waals surface area contributed by atoms with Gasteiger partial charge in [0.1, 0.15) is 6.10 Å². The van der Waals surface area contributed by atoms with Crippen molar-refractivity contribution in [1.29, 1.82) is 0 Å². The lowest BCUT2D eigenvalue weighted by Gasteiger charge is -2.19. The molecular formula is C15H23NO2. The van der Waals surface area contributed by atoms with Gasteiger partial charge in [0.05, 0.1) is 7.11 Å². The first kappa shape index (κ1) is 13.2. The third-order valence-corrected chi connectivity index (χ3v) is 3.45. The lowest BCUT2D eigenvalue weighted by Crippen LogP contribution is -2.19. The maximum absolute atomic E-state index is 6.09. The third kappa shape index (κ3) is 3.39. The maximum Gasteiger partial charge on any atom is 0.161 e. The molecule has 0 amide bonds. The SMILES string of the molecule is CCc1ccc(OC2CCCNCC2)c(OC)c1. The highest BCUT2D eigenvalue weighted by atomic mass is 16.5. The highest BCUT2D eigenvalue weighted by Crippen LogP contribution is 2.30. The van der Waals surface area contributed by atoms with Crippen LogP contribution in [0.15, 0.2) is 18.2 Å². The summed E-state index contributed by atoms with van der Waals surface area (Å²) in [5.41, 5.74) is 1.28. The molecule has 1 fully saturated rings. The second-order valence-corrected chi connectivity index (χ2v) is 4.76. The zero-order valence-electron chi connectivity index (χ0n) is 11.4. The van der Waals surface area contributed by atoms with Crippen LogP contribution in [-0.2, 0) is 6.42 Å². The minimum atomic E-state index is 0.307. The number of rotatable bonds is 4. The van der Waals surface area contributed by atoms with E-state index in [0.717, 1.165) is 43.9 Å². The average Bonchev–Trinajstić information content (AvgIpc) is 2.68. The van der Waals surface area contributed by atoms with Crippen LogP contribution < -0.4 is 14.8 Å². The molecule has 0 saturated carbocycles. The van der Waals surface area contributed by atoms with E-state index in [2.05, 4.69) is 24.4 Å². The van der Waals surface area contributed by atoms with E-state index in [9.17, 15) is 0 Å². The third-order valence-electron chi connectivity index (χ3n) is 3.45. The van der Waals surface area contributed by atoms with Crippen LogP contribution in [-0.4, -0.2) is 26.3 Å².